The van der Waals surface area contributed by atoms with Gasteiger partial charge < -0.3 is 9.52 Å². The molecule has 9 nitrogen and oxygen atoms in total. The number of alkyl halides is 3. The quantitative estimate of drug-likeness (QED) is 0.480. The van der Waals surface area contributed by atoms with E-state index < -0.39 is 40.3 Å². The second kappa shape index (κ2) is 5.87. The van der Waals surface area contributed by atoms with E-state index >= 15 is 0 Å². The number of nitrogens with zero attached hydrogens (tertiary/aromatic N) is 3. The van der Waals surface area contributed by atoms with Crippen molar-refractivity contribution in [3.63, 3.8) is 0 Å². The van der Waals surface area contributed by atoms with Crippen molar-refractivity contribution in [1.82, 2.24) is 5.01 Å². The van der Waals surface area contributed by atoms with Crippen LogP contribution in [-0.2, 0) is 0 Å². The van der Waals surface area contributed by atoms with Crippen molar-refractivity contribution in [2.75, 3.05) is 0 Å². The largest absolute Gasteiger partial charge is 0.438 e. The van der Waals surface area contributed by atoms with Crippen molar-refractivity contribution in [3.8, 4) is 0 Å². The zero-order chi connectivity index (χ0) is 20.1. The number of nitro benzene ring substituents is 1. The second-order valence-electron chi connectivity index (χ2n) is 5.87. The van der Waals surface area contributed by atoms with E-state index in [1.165, 1.54) is 6.92 Å². The molecule has 1 amide bonds. The van der Waals surface area contributed by atoms with Crippen LogP contribution in [0.5, 0.6) is 0 Å². The number of nitro groups is 1. The Labute approximate surface area is 147 Å². The van der Waals surface area contributed by atoms with Gasteiger partial charge in [-0.2, -0.15) is 23.3 Å². The molecule has 0 saturated carbocycles. The number of carbonyl (C=O) groups is 1. The molecule has 1 aliphatic heterocycles. The average molecular weight is 385 g/mol. The molecule has 2 heterocycles. The summed E-state index contributed by atoms with van der Waals surface area (Å²) in [6.45, 7) is 1.18. The van der Waals surface area contributed by atoms with Crippen molar-refractivity contribution in [2.45, 2.75) is 25.2 Å². The molecule has 1 aromatic carbocycles. The van der Waals surface area contributed by atoms with Gasteiger partial charge in [0.1, 0.15) is 11.1 Å². The number of carbonyl (C=O) groups excluding carboxylic acids is 1. The lowest BCUT2D eigenvalue weighted by Crippen LogP contribution is -2.57. The van der Waals surface area contributed by atoms with Crippen LogP contribution in [0.2, 0.25) is 0 Å². The van der Waals surface area contributed by atoms with E-state index in [2.05, 4.69) is 5.10 Å². The van der Waals surface area contributed by atoms with Crippen LogP contribution in [0.4, 0.5) is 18.9 Å². The molecule has 1 aromatic heterocycles. The van der Waals surface area contributed by atoms with E-state index in [0.29, 0.717) is 0 Å². The van der Waals surface area contributed by atoms with Crippen LogP contribution < -0.4 is 5.63 Å². The van der Waals surface area contributed by atoms with Gasteiger partial charge in [-0.05, 0) is 19.1 Å². The van der Waals surface area contributed by atoms with Gasteiger partial charge in [0.05, 0.1) is 4.92 Å². The van der Waals surface area contributed by atoms with E-state index in [-0.39, 0.29) is 27.4 Å². The number of hydrogen-bond acceptors (Lipinski definition) is 7. The van der Waals surface area contributed by atoms with Crippen LogP contribution in [0.3, 0.4) is 0 Å². The fraction of sp³-hybridized carbons (Fsp3) is 0.267. The number of fused-ring (bicyclic) bond motifs is 1. The molecule has 12 heteroatoms. The highest BCUT2D eigenvalue weighted by Gasteiger charge is 2.63. The molecule has 142 valence electrons. The number of non-ortho nitro benzene ring substituents is 1. The number of benzene rings is 1. The number of hydrogen-bond donors (Lipinski definition) is 1. The minimum Gasteiger partial charge on any atom is -0.422 e. The summed E-state index contributed by atoms with van der Waals surface area (Å²) < 4.78 is 44.6. The Bertz CT molecular complexity index is 1060. The van der Waals surface area contributed by atoms with Crippen LogP contribution in [0.1, 0.15) is 23.7 Å². The minimum atomic E-state index is -5.24. The fourth-order valence-corrected chi connectivity index (χ4v) is 2.64. The predicted molar refractivity (Wildman–Crippen MR) is 84.0 cm³/mol. The first-order valence-electron chi connectivity index (χ1n) is 7.34. The molecule has 0 aliphatic carbocycles. The lowest BCUT2D eigenvalue weighted by molar-refractivity contribution is -0.384. The van der Waals surface area contributed by atoms with Crippen LogP contribution in [0.25, 0.3) is 11.0 Å². The molecule has 3 rings (SSSR count). The van der Waals surface area contributed by atoms with Crippen molar-refractivity contribution >= 4 is 28.3 Å². The lowest BCUT2D eigenvalue weighted by atomic mass is 10.1. The molecular weight excluding hydrogens is 375 g/mol. The smallest absolute Gasteiger partial charge is 0.422 e. The SMILES string of the molecule is CC1=NN(C(=O)c2cc3cc([N+](=O)[O-])ccc3oc2=O)C(O)(C(F)(F)F)C1. The molecule has 1 N–H and O–H groups in total. The van der Waals surface area contributed by atoms with Gasteiger partial charge in [0.2, 0.25) is 0 Å². The molecular formula is C15H10F3N3O6. The molecule has 2 aromatic rings. The van der Waals surface area contributed by atoms with Crippen LogP contribution in [0.15, 0.2) is 38.6 Å². The molecule has 27 heavy (non-hydrogen) atoms. The van der Waals surface area contributed by atoms with E-state index in [9.17, 15) is 38.0 Å². The number of amides is 1. The van der Waals surface area contributed by atoms with E-state index in [1.54, 1.807) is 0 Å². The number of halogens is 3. The average Bonchev–Trinajstić information content (AvgIpc) is 2.88. The first-order valence-corrected chi connectivity index (χ1v) is 7.34. The first-order chi connectivity index (χ1) is 12.4. The third-order valence-electron chi connectivity index (χ3n) is 3.93. The third-order valence-corrected chi connectivity index (χ3v) is 3.93. The van der Waals surface area contributed by atoms with Gasteiger partial charge >= 0.3 is 11.8 Å². The molecule has 1 aliphatic rings. The Morgan fingerprint density at radius 2 is 2.07 bits per heavy atom. The van der Waals surface area contributed by atoms with Gasteiger partial charge in [-0.15, -0.1) is 0 Å². The van der Waals surface area contributed by atoms with Gasteiger partial charge in [0.25, 0.3) is 17.3 Å². The van der Waals surface area contributed by atoms with Crippen molar-refractivity contribution in [1.29, 1.82) is 0 Å². The summed E-state index contributed by atoms with van der Waals surface area (Å²) in [6, 6.07) is 4.02. The Morgan fingerprint density at radius 1 is 1.41 bits per heavy atom. The van der Waals surface area contributed by atoms with Crippen molar-refractivity contribution < 1.29 is 32.4 Å². The molecule has 1 atom stereocenters. The summed E-state index contributed by atoms with van der Waals surface area (Å²) >= 11 is 0. The summed E-state index contributed by atoms with van der Waals surface area (Å²) in [4.78, 5) is 34.6. The van der Waals surface area contributed by atoms with Crippen molar-refractivity contribution in [3.05, 3.63) is 50.4 Å². The monoisotopic (exact) mass is 385 g/mol. The fourth-order valence-electron chi connectivity index (χ4n) is 2.64. The highest BCUT2D eigenvalue weighted by molar-refractivity contribution is 5.99. The van der Waals surface area contributed by atoms with Crippen LogP contribution >= 0.6 is 0 Å². The molecule has 0 radical (unpaired) electrons. The number of rotatable bonds is 2. The summed E-state index contributed by atoms with van der Waals surface area (Å²) in [5.41, 5.74) is -6.40. The Balaban J connectivity index is 2.13. The standard InChI is InChI=1S/C15H10F3N3O6/c1-7-6-14(24,15(16,17)18)20(19-7)12(22)10-5-8-4-9(21(25)26)2-3-11(8)27-13(10)23/h2-5,24H,6H2,1H3. The van der Waals surface area contributed by atoms with Gasteiger partial charge in [0, 0.05) is 29.7 Å². The zero-order valence-electron chi connectivity index (χ0n) is 13.5. The number of hydrazone groups is 1. The normalized spacial score (nSPS) is 20.0. The molecule has 0 spiro atoms. The van der Waals surface area contributed by atoms with Crippen LogP contribution in [-0.4, -0.2) is 38.6 Å². The maximum Gasteiger partial charge on any atom is 0.438 e. The summed E-state index contributed by atoms with van der Waals surface area (Å²) in [7, 11) is 0. The Kier molecular flexibility index (Phi) is 4.03. The highest BCUT2D eigenvalue weighted by atomic mass is 19.4. The van der Waals surface area contributed by atoms with E-state index in [4.69, 9.17) is 4.42 Å². The highest BCUT2D eigenvalue weighted by Crippen LogP contribution is 2.40. The Morgan fingerprint density at radius 3 is 2.67 bits per heavy atom. The summed E-state index contributed by atoms with van der Waals surface area (Å²) in [5.74, 6) is -1.55. The Hall–Kier alpha value is -3.28. The maximum atomic E-state index is 13.2. The summed E-state index contributed by atoms with van der Waals surface area (Å²) in [5, 5.41) is 23.9. The third kappa shape index (κ3) is 2.93. The second-order valence-corrected chi connectivity index (χ2v) is 5.87. The van der Waals surface area contributed by atoms with E-state index in [1.807, 2.05) is 0 Å². The van der Waals surface area contributed by atoms with E-state index in [0.717, 1.165) is 24.3 Å². The molecule has 0 fully saturated rings. The zero-order valence-corrected chi connectivity index (χ0v) is 13.5. The summed E-state index contributed by atoms with van der Waals surface area (Å²) in [6.07, 6.45) is -6.22. The van der Waals surface area contributed by atoms with Gasteiger partial charge in [-0.1, -0.05) is 0 Å². The number of aliphatic hydroxyl groups is 1. The molecule has 1 unspecified atom stereocenters. The first kappa shape index (κ1) is 18.5. The minimum absolute atomic E-state index is 0.0532. The topological polar surface area (TPSA) is 126 Å². The van der Waals surface area contributed by atoms with Crippen LogP contribution in [0, 0.1) is 10.1 Å². The van der Waals surface area contributed by atoms with Gasteiger partial charge in [-0.25, -0.2) is 4.79 Å². The van der Waals surface area contributed by atoms with Crippen molar-refractivity contribution in [2.24, 2.45) is 5.10 Å². The maximum absolute atomic E-state index is 13.2. The van der Waals surface area contributed by atoms with Gasteiger partial charge in [0.15, 0.2) is 0 Å². The lowest BCUT2D eigenvalue weighted by Gasteiger charge is -2.32. The molecule has 0 bridgehead atoms. The molecule has 0 saturated heterocycles. The predicted octanol–water partition coefficient (Wildman–Crippen LogP) is 2.17. The van der Waals surface area contributed by atoms with Gasteiger partial charge in [-0.3, -0.25) is 14.9 Å².